The highest BCUT2D eigenvalue weighted by Gasteiger charge is 2.24. The van der Waals surface area contributed by atoms with E-state index >= 15 is 0 Å². The number of thiophene rings is 1. The van der Waals surface area contributed by atoms with Gasteiger partial charge in [0, 0.05) is 11.6 Å². The fraction of sp³-hybridized carbons (Fsp3) is 0.294. The quantitative estimate of drug-likeness (QED) is 0.539. The van der Waals surface area contributed by atoms with Crippen LogP contribution in [0.2, 0.25) is 0 Å². The molecule has 3 aromatic rings. The number of carbonyl (C=O) groups is 1. The van der Waals surface area contributed by atoms with E-state index in [-0.39, 0.29) is 23.0 Å². The molecule has 5 N–H and O–H groups in total. The van der Waals surface area contributed by atoms with Gasteiger partial charge in [-0.05, 0) is 23.8 Å². The summed E-state index contributed by atoms with van der Waals surface area (Å²) < 4.78 is 14.9. The molecular formula is C17H19FN4O2S. The van der Waals surface area contributed by atoms with Gasteiger partial charge in [0.15, 0.2) is 17.5 Å². The summed E-state index contributed by atoms with van der Waals surface area (Å²) in [4.78, 5) is 19.4. The molecule has 3 rings (SSSR count). The van der Waals surface area contributed by atoms with Crippen molar-refractivity contribution in [2.45, 2.75) is 26.3 Å². The summed E-state index contributed by atoms with van der Waals surface area (Å²) in [5, 5.41) is 15.3. The number of halogens is 1. The number of aromatic hydroxyl groups is 1. The summed E-state index contributed by atoms with van der Waals surface area (Å²) in [6.07, 6.45) is 1.84. The number of hydrogen-bond donors (Lipinski definition) is 4. The lowest BCUT2D eigenvalue weighted by Gasteiger charge is -2.19. The van der Waals surface area contributed by atoms with E-state index in [1.165, 1.54) is 17.5 Å². The Hall–Kier alpha value is -2.61. The average molecular weight is 362 g/mol. The number of hydrogen-bond acceptors (Lipinski definition) is 5. The molecule has 3 aromatic heterocycles. The van der Waals surface area contributed by atoms with Crippen molar-refractivity contribution < 1.29 is 14.3 Å². The van der Waals surface area contributed by atoms with Gasteiger partial charge in [-0.15, -0.1) is 11.3 Å². The summed E-state index contributed by atoms with van der Waals surface area (Å²) in [7, 11) is 0. The number of anilines is 1. The van der Waals surface area contributed by atoms with Gasteiger partial charge in [0.25, 0.3) is 0 Å². The maximum Gasteiger partial charge on any atom is 0.239 e. The molecule has 0 saturated carbocycles. The fourth-order valence-electron chi connectivity index (χ4n) is 2.74. The molecule has 1 atom stereocenters. The van der Waals surface area contributed by atoms with Crippen molar-refractivity contribution in [3.63, 3.8) is 0 Å². The predicted molar refractivity (Wildman–Crippen MR) is 97.1 cm³/mol. The summed E-state index contributed by atoms with van der Waals surface area (Å²) >= 11 is 1.42. The summed E-state index contributed by atoms with van der Waals surface area (Å²) in [6.45, 7) is 3.90. The highest BCUT2D eigenvalue weighted by atomic mass is 32.1. The Balaban J connectivity index is 2.13. The molecule has 0 radical (unpaired) electrons. The topological polar surface area (TPSA) is 104 Å². The Bertz CT molecular complexity index is 905. The fourth-order valence-corrected chi connectivity index (χ4v) is 3.46. The van der Waals surface area contributed by atoms with Crippen LogP contribution in [0, 0.1) is 11.7 Å². The lowest BCUT2D eigenvalue weighted by atomic mass is 10.0. The molecule has 0 fully saturated rings. The van der Waals surface area contributed by atoms with Crippen molar-refractivity contribution in [1.82, 2.24) is 9.97 Å². The maximum absolute atomic E-state index is 14.9. The second-order valence-electron chi connectivity index (χ2n) is 6.26. The molecule has 0 bridgehead atoms. The zero-order chi connectivity index (χ0) is 18.1. The van der Waals surface area contributed by atoms with Crippen molar-refractivity contribution in [2.24, 2.45) is 11.7 Å². The number of fused-ring (bicyclic) bond motifs is 1. The van der Waals surface area contributed by atoms with Crippen LogP contribution in [0.4, 0.5) is 10.2 Å². The third-order valence-corrected chi connectivity index (χ3v) is 4.76. The number of H-pyrrole nitrogens is 1. The monoisotopic (exact) mass is 362 g/mol. The Morgan fingerprint density at radius 1 is 1.52 bits per heavy atom. The van der Waals surface area contributed by atoms with Gasteiger partial charge < -0.3 is 21.1 Å². The van der Waals surface area contributed by atoms with Gasteiger partial charge in [-0.1, -0.05) is 19.9 Å². The molecule has 0 aliphatic rings. The van der Waals surface area contributed by atoms with Crippen LogP contribution in [0.3, 0.4) is 0 Å². The number of nitrogens with one attached hydrogen (secondary N) is 2. The SMILES string of the molecule is CC(C)C[C@@H](Nc1nc(-c2cccs2)c2c(O)[nH]cc2c1F)C(N)=O. The first-order valence-corrected chi connectivity index (χ1v) is 8.75. The van der Waals surface area contributed by atoms with Crippen LogP contribution in [0.5, 0.6) is 5.88 Å². The Kier molecular flexibility index (Phi) is 4.63. The van der Waals surface area contributed by atoms with Gasteiger partial charge in [0.2, 0.25) is 5.91 Å². The third kappa shape index (κ3) is 3.30. The molecule has 6 nitrogen and oxygen atoms in total. The third-order valence-electron chi connectivity index (χ3n) is 3.88. The number of aromatic nitrogens is 2. The molecule has 8 heteroatoms. The molecule has 25 heavy (non-hydrogen) atoms. The van der Waals surface area contributed by atoms with E-state index in [4.69, 9.17) is 5.73 Å². The van der Waals surface area contributed by atoms with E-state index in [2.05, 4.69) is 15.3 Å². The Morgan fingerprint density at radius 3 is 2.88 bits per heavy atom. The van der Waals surface area contributed by atoms with Gasteiger partial charge >= 0.3 is 0 Å². The molecule has 0 aromatic carbocycles. The number of nitrogens with zero attached hydrogens (tertiary/aromatic N) is 1. The van der Waals surface area contributed by atoms with Crippen molar-refractivity contribution in [3.8, 4) is 16.5 Å². The number of rotatable bonds is 6. The minimum Gasteiger partial charge on any atom is -0.494 e. The van der Waals surface area contributed by atoms with Crippen LogP contribution in [-0.4, -0.2) is 27.0 Å². The molecule has 132 valence electrons. The normalized spacial score (nSPS) is 12.6. The van der Waals surface area contributed by atoms with Gasteiger partial charge in [0.05, 0.1) is 16.0 Å². The van der Waals surface area contributed by atoms with E-state index in [9.17, 15) is 14.3 Å². The number of nitrogens with two attached hydrogens (primary N) is 1. The average Bonchev–Trinajstić information content (AvgIpc) is 3.19. The highest BCUT2D eigenvalue weighted by molar-refractivity contribution is 7.13. The standard InChI is InChI=1S/C17H19FN4O2S/c1-8(2)6-10(15(19)23)21-16-13(18)9-7-20-17(24)12(9)14(22-16)11-4-3-5-25-11/h3-5,7-8,10,20-21,24H,6H2,1-2H3,(H2,19,23)/t10-/m1/s1. The first kappa shape index (κ1) is 17.2. The molecule has 0 spiro atoms. The Labute approximate surface area is 147 Å². The lowest BCUT2D eigenvalue weighted by molar-refractivity contribution is -0.119. The zero-order valence-electron chi connectivity index (χ0n) is 13.8. The number of aromatic amines is 1. The maximum atomic E-state index is 14.9. The minimum absolute atomic E-state index is 0.0562. The van der Waals surface area contributed by atoms with E-state index in [1.54, 1.807) is 0 Å². The van der Waals surface area contributed by atoms with Crippen LogP contribution >= 0.6 is 11.3 Å². The lowest BCUT2D eigenvalue weighted by Crippen LogP contribution is -2.37. The number of carbonyl (C=O) groups excluding carboxylic acids is 1. The van der Waals surface area contributed by atoms with Gasteiger partial charge in [-0.25, -0.2) is 9.37 Å². The largest absolute Gasteiger partial charge is 0.494 e. The van der Waals surface area contributed by atoms with Crippen molar-refractivity contribution in [1.29, 1.82) is 0 Å². The van der Waals surface area contributed by atoms with E-state index < -0.39 is 17.8 Å². The molecule has 0 aliphatic carbocycles. The number of primary amides is 1. The second-order valence-corrected chi connectivity index (χ2v) is 7.20. The van der Waals surface area contributed by atoms with Crippen molar-refractivity contribution in [3.05, 3.63) is 29.5 Å². The van der Waals surface area contributed by atoms with Crippen molar-refractivity contribution in [2.75, 3.05) is 5.32 Å². The highest BCUT2D eigenvalue weighted by Crippen LogP contribution is 2.38. The van der Waals surface area contributed by atoms with E-state index in [1.807, 2.05) is 31.4 Å². The van der Waals surface area contributed by atoms with E-state index in [0.717, 1.165) is 4.88 Å². The smallest absolute Gasteiger partial charge is 0.239 e. The zero-order valence-corrected chi connectivity index (χ0v) is 14.7. The Morgan fingerprint density at radius 2 is 2.28 bits per heavy atom. The second kappa shape index (κ2) is 6.72. The number of amides is 1. The minimum atomic E-state index is -0.733. The van der Waals surface area contributed by atoms with Crippen LogP contribution in [0.1, 0.15) is 20.3 Å². The van der Waals surface area contributed by atoms with Crippen LogP contribution in [-0.2, 0) is 4.79 Å². The van der Waals surface area contributed by atoms with Crippen molar-refractivity contribution >= 4 is 33.8 Å². The first-order chi connectivity index (χ1) is 11.9. The van der Waals surface area contributed by atoms with Gasteiger partial charge in [-0.3, -0.25) is 4.79 Å². The molecular weight excluding hydrogens is 343 g/mol. The summed E-state index contributed by atoms with van der Waals surface area (Å²) in [6, 6.07) is 2.95. The number of pyridine rings is 1. The molecule has 0 aliphatic heterocycles. The van der Waals surface area contributed by atoms with Crippen LogP contribution in [0.15, 0.2) is 23.7 Å². The van der Waals surface area contributed by atoms with Crippen LogP contribution < -0.4 is 11.1 Å². The first-order valence-electron chi connectivity index (χ1n) is 7.87. The summed E-state index contributed by atoms with van der Waals surface area (Å²) in [5.74, 6) is -1.21. The van der Waals surface area contributed by atoms with Gasteiger partial charge in [-0.2, -0.15) is 0 Å². The summed E-state index contributed by atoms with van der Waals surface area (Å²) in [5.41, 5.74) is 5.88. The molecule has 0 saturated heterocycles. The molecule has 3 heterocycles. The molecule has 1 amide bonds. The van der Waals surface area contributed by atoms with Gasteiger partial charge in [0.1, 0.15) is 6.04 Å². The molecule has 0 unspecified atom stereocenters. The van der Waals surface area contributed by atoms with E-state index in [0.29, 0.717) is 17.5 Å². The van der Waals surface area contributed by atoms with Crippen LogP contribution in [0.25, 0.3) is 21.3 Å². The predicted octanol–water partition coefficient (Wildman–Crippen LogP) is 3.45.